The van der Waals surface area contributed by atoms with Crippen LogP contribution in [0.3, 0.4) is 0 Å². The van der Waals surface area contributed by atoms with Crippen molar-refractivity contribution in [3.8, 4) is 0 Å². The molecule has 0 saturated heterocycles. The number of amides is 1. The lowest BCUT2D eigenvalue weighted by Crippen LogP contribution is -2.44. The Bertz CT molecular complexity index is 417. The molecular weight excluding hydrogens is 224 g/mol. The maximum atomic E-state index is 12.3. The van der Waals surface area contributed by atoms with Crippen LogP contribution in [0.15, 0.2) is 24.3 Å². The second-order valence-electron chi connectivity index (χ2n) is 5.03. The standard InChI is InChI=1S/C15H22N2O/c1-3-6-11(2)17-15(18)14-13-8-5-4-7-12(13)9-10-16-14/h4-5,7-8,11,14,16H,3,6,9-10H2,1-2H3,(H,17,18). The largest absolute Gasteiger partial charge is 0.352 e. The molecule has 2 N–H and O–H groups in total. The Hall–Kier alpha value is -1.35. The van der Waals surface area contributed by atoms with E-state index in [-0.39, 0.29) is 18.0 Å². The van der Waals surface area contributed by atoms with Gasteiger partial charge in [-0.2, -0.15) is 0 Å². The Balaban J connectivity index is 2.08. The predicted octanol–water partition coefficient (Wildman–Crippen LogP) is 2.18. The van der Waals surface area contributed by atoms with Gasteiger partial charge in [0.2, 0.25) is 5.91 Å². The molecule has 0 fully saturated rings. The van der Waals surface area contributed by atoms with Gasteiger partial charge in [-0.25, -0.2) is 0 Å². The zero-order chi connectivity index (χ0) is 13.0. The Labute approximate surface area is 109 Å². The number of hydrogen-bond donors (Lipinski definition) is 2. The first-order chi connectivity index (χ1) is 8.72. The van der Waals surface area contributed by atoms with E-state index >= 15 is 0 Å². The van der Waals surface area contributed by atoms with Crippen LogP contribution < -0.4 is 10.6 Å². The number of fused-ring (bicyclic) bond motifs is 1. The minimum absolute atomic E-state index is 0.100. The molecule has 0 spiro atoms. The Kier molecular flexibility index (Phi) is 4.37. The van der Waals surface area contributed by atoms with Crippen molar-refractivity contribution in [3.05, 3.63) is 35.4 Å². The zero-order valence-corrected chi connectivity index (χ0v) is 11.2. The summed E-state index contributed by atoms with van der Waals surface area (Å²) < 4.78 is 0. The lowest BCUT2D eigenvalue weighted by Gasteiger charge is -2.27. The first kappa shape index (κ1) is 13.1. The fraction of sp³-hybridized carbons (Fsp3) is 0.533. The van der Waals surface area contributed by atoms with Gasteiger partial charge in [0.1, 0.15) is 6.04 Å². The number of benzene rings is 1. The smallest absolute Gasteiger partial charge is 0.241 e. The molecule has 0 aliphatic carbocycles. The summed E-state index contributed by atoms with van der Waals surface area (Å²) in [6.07, 6.45) is 3.13. The molecule has 1 amide bonds. The molecule has 1 aliphatic heterocycles. The summed E-state index contributed by atoms with van der Waals surface area (Å²) in [5.41, 5.74) is 2.42. The van der Waals surface area contributed by atoms with Gasteiger partial charge in [-0.1, -0.05) is 37.6 Å². The average Bonchev–Trinajstić information content (AvgIpc) is 2.38. The minimum Gasteiger partial charge on any atom is -0.352 e. The molecule has 1 heterocycles. The summed E-state index contributed by atoms with van der Waals surface area (Å²) in [5.74, 6) is 0.100. The van der Waals surface area contributed by atoms with Gasteiger partial charge in [0.15, 0.2) is 0 Å². The van der Waals surface area contributed by atoms with Gasteiger partial charge in [-0.05, 0) is 30.9 Å². The summed E-state index contributed by atoms with van der Waals surface area (Å²) in [6, 6.07) is 8.27. The van der Waals surface area contributed by atoms with Crippen LogP contribution in [-0.2, 0) is 11.2 Å². The van der Waals surface area contributed by atoms with Crippen molar-refractivity contribution in [1.82, 2.24) is 10.6 Å². The van der Waals surface area contributed by atoms with E-state index in [1.54, 1.807) is 0 Å². The van der Waals surface area contributed by atoms with Gasteiger partial charge in [-0.15, -0.1) is 0 Å². The summed E-state index contributed by atoms with van der Waals surface area (Å²) in [5, 5.41) is 6.40. The summed E-state index contributed by atoms with van der Waals surface area (Å²) in [4.78, 5) is 12.3. The molecule has 0 aromatic heterocycles. The van der Waals surface area contributed by atoms with Crippen molar-refractivity contribution in [2.24, 2.45) is 0 Å². The van der Waals surface area contributed by atoms with E-state index in [1.807, 2.05) is 12.1 Å². The SMILES string of the molecule is CCCC(C)NC(=O)C1NCCc2ccccc21. The molecule has 2 rings (SSSR count). The van der Waals surface area contributed by atoms with Gasteiger partial charge in [0.25, 0.3) is 0 Å². The van der Waals surface area contributed by atoms with Gasteiger partial charge in [0.05, 0.1) is 0 Å². The Morgan fingerprint density at radius 1 is 1.50 bits per heavy atom. The van der Waals surface area contributed by atoms with E-state index in [1.165, 1.54) is 5.56 Å². The fourth-order valence-corrected chi connectivity index (χ4v) is 2.57. The number of rotatable bonds is 4. The first-order valence-electron chi connectivity index (χ1n) is 6.84. The molecule has 1 aromatic rings. The van der Waals surface area contributed by atoms with Gasteiger partial charge in [0, 0.05) is 12.6 Å². The molecule has 3 nitrogen and oxygen atoms in total. The van der Waals surface area contributed by atoms with Crippen molar-refractivity contribution >= 4 is 5.91 Å². The number of nitrogens with one attached hydrogen (secondary N) is 2. The lowest BCUT2D eigenvalue weighted by atomic mass is 9.93. The molecule has 1 aliphatic rings. The van der Waals surface area contributed by atoms with Crippen LogP contribution in [0.4, 0.5) is 0 Å². The predicted molar refractivity (Wildman–Crippen MR) is 73.4 cm³/mol. The fourth-order valence-electron chi connectivity index (χ4n) is 2.57. The van der Waals surface area contributed by atoms with Crippen LogP contribution in [0.25, 0.3) is 0 Å². The van der Waals surface area contributed by atoms with E-state index in [0.29, 0.717) is 0 Å². The Morgan fingerprint density at radius 3 is 3.06 bits per heavy atom. The molecule has 1 aromatic carbocycles. The van der Waals surface area contributed by atoms with E-state index in [4.69, 9.17) is 0 Å². The highest BCUT2D eigenvalue weighted by Gasteiger charge is 2.26. The van der Waals surface area contributed by atoms with E-state index in [0.717, 1.165) is 31.4 Å². The van der Waals surface area contributed by atoms with Gasteiger partial charge >= 0.3 is 0 Å². The normalized spacial score (nSPS) is 20.0. The monoisotopic (exact) mass is 246 g/mol. The third kappa shape index (κ3) is 2.91. The molecule has 18 heavy (non-hydrogen) atoms. The third-order valence-electron chi connectivity index (χ3n) is 3.48. The number of hydrogen-bond acceptors (Lipinski definition) is 2. The van der Waals surface area contributed by atoms with Crippen molar-refractivity contribution in [3.63, 3.8) is 0 Å². The van der Waals surface area contributed by atoms with Crippen LogP contribution in [0.2, 0.25) is 0 Å². The second-order valence-corrected chi connectivity index (χ2v) is 5.03. The summed E-state index contributed by atoms with van der Waals surface area (Å²) in [7, 11) is 0. The van der Waals surface area contributed by atoms with Crippen molar-refractivity contribution in [2.75, 3.05) is 6.54 Å². The Morgan fingerprint density at radius 2 is 2.28 bits per heavy atom. The highest BCUT2D eigenvalue weighted by molar-refractivity contribution is 5.84. The van der Waals surface area contributed by atoms with Crippen LogP contribution >= 0.6 is 0 Å². The van der Waals surface area contributed by atoms with E-state index < -0.39 is 0 Å². The van der Waals surface area contributed by atoms with Crippen molar-refractivity contribution in [2.45, 2.75) is 45.2 Å². The quantitative estimate of drug-likeness (QED) is 0.855. The number of carbonyl (C=O) groups excluding carboxylic acids is 1. The summed E-state index contributed by atoms with van der Waals surface area (Å²) >= 11 is 0. The first-order valence-corrected chi connectivity index (χ1v) is 6.84. The van der Waals surface area contributed by atoms with E-state index in [9.17, 15) is 4.79 Å². The minimum atomic E-state index is -0.186. The molecular formula is C15H22N2O. The molecule has 2 atom stereocenters. The molecule has 0 bridgehead atoms. The molecule has 0 saturated carbocycles. The second kappa shape index (κ2) is 6.01. The van der Waals surface area contributed by atoms with Crippen LogP contribution in [0, 0.1) is 0 Å². The third-order valence-corrected chi connectivity index (χ3v) is 3.48. The van der Waals surface area contributed by atoms with Gasteiger partial charge < -0.3 is 10.6 Å². The zero-order valence-electron chi connectivity index (χ0n) is 11.2. The molecule has 98 valence electrons. The molecule has 0 radical (unpaired) electrons. The maximum Gasteiger partial charge on any atom is 0.241 e. The van der Waals surface area contributed by atoms with Crippen molar-refractivity contribution < 1.29 is 4.79 Å². The number of carbonyl (C=O) groups is 1. The topological polar surface area (TPSA) is 41.1 Å². The van der Waals surface area contributed by atoms with Crippen LogP contribution in [-0.4, -0.2) is 18.5 Å². The molecule has 2 unspecified atom stereocenters. The lowest BCUT2D eigenvalue weighted by molar-refractivity contribution is -0.124. The highest BCUT2D eigenvalue weighted by Crippen LogP contribution is 2.22. The average molecular weight is 246 g/mol. The van der Waals surface area contributed by atoms with Crippen LogP contribution in [0.1, 0.15) is 43.9 Å². The van der Waals surface area contributed by atoms with Crippen LogP contribution in [0.5, 0.6) is 0 Å². The van der Waals surface area contributed by atoms with Gasteiger partial charge in [-0.3, -0.25) is 4.79 Å². The van der Waals surface area contributed by atoms with E-state index in [2.05, 4.69) is 36.6 Å². The summed E-state index contributed by atoms with van der Waals surface area (Å²) in [6.45, 7) is 5.07. The highest BCUT2D eigenvalue weighted by atomic mass is 16.2. The maximum absolute atomic E-state index is 12.3. The van der Waals surface area contributed by atoms with Crippen molar-refractivity contribution in [1.29, 1.82) is 0 Å². The molecule has 3 heteroatoms.